The van der Waals surface area contributed by atoms with Crippen molar-refractivity contribution in [3.05, 3.63) is 69.7 Å². The number of hydrogen-bond acceptors (Lipinski definition) is 2. The molecule has 1 heterocycles. The number of benzene rings is 2. The molecule has 0 radical (unpaired) electrons. The molecule has 2 nitrogen and oxygen atoms in total. The number of halogens is 3. The lowest BCUT2D eigenvalue weighted by molar-refractivity contribution is 0.317. The highest BCUT2D eigenvalue weighted by Crippen LogP contribution is 2.28. The third-order valence-electron chi connectivity index (χ3n) is 3.06. The van der Waals surface area contributed by atoms with Crippen molar-refractivity contribution in [2.45, 2.75) is 6.04 Å². The van der Waals surface area contributed by atoms with Crippen molar-refractivity contribution in [1.29, 1.82) is 0 Å². The maximum absolute atomic E-state index is 13.7. The van der Waals surface area contributed by atoms with Gasteiger partial charge in [-0.15, -0.1) is 0 Å². The molecule has 0 N–H and O–H groups in total. The maximum atomic E-state index is 13.7. The second kappa shape index (κ2) is 5.32. The first-order valence-electron chi connectivity index (χ1n) is 6.05. The molecule has 1 unspecified atom stereocenters. The third kappa shape index (κ3) is 2.45. The zero-order chi connectivity index (χ0) is 14.1. The fraction of sp³-hybridized carbons (Fsp3) is 0.133. The molecule has 102 valence electrons. The van der Waals surface area contributed by atoms with Crippen molar-refractivity contribution in [2.24, 2.45) is 4.99 Å². The number of rotatable bonds is 2. The van der Waals surface area contributed by atoms with Crippen molar-refractivity contribution >= 4 is 21.8 Å². The minimum Gasteiger partial charge on any atom is -0.475 e. The summed E-state index contributed by atoms with van der Waals surface area (Å²) in [5.41, 5.74) is 0.733. The quantitative estimate of drug-likeness (QED) is 0.802. The summed E-state index contributed by atoms with van der Waals surface area (Å²) < 4.78 is 33.7. The van der Waals surface area contributed by atoms with Gasteiger partial charge in [0.15, 0.2) is 0 Å². The van der Waals surface area contributed by atoms with Gasteiger partial charge in [-0.25, -0.2) is 13.8 Å². The smallest absolute Gasteiger partial charge is 0.222 e. The summed E-state index contributed by atoms with van der Waals surface area (Å²) in [6, 6.07) is 11.1. The van der Waals surface area contributed by atoms with E-state index in [9.17, 15) is 8.78 Å². The number of hydrogen-bond donors (Lipinski definition) is 0. The largest absolute Gasteiger partial charge is 0.475 e. The Morgan fingerprint density at radius 3 is 2.50 bits per heavy atom. The van der Waals surface area contributed by atoms with E-state index in [0.717, 1.165) is 10.0 Å². The Labute approximate surface area is 123 Å². The zero-order valence-corrected chi connectivity index (χ0v) is 11.9. The van der Waals surface area contributed by atoms with Gasteiger partial charge in [0.05, 0.1) is 0 Å². The van der Waals surface area contributed by atoms with E-state index in [4.69, 9.17) is 4.74 Å². The third-order valence-corrected chi connectivity index (χ3v) is 3.55. The van der Waals surface area contributed by atoms with E-state index in [1.807, 2.05) is 24.3 Å². The number of nitrogens with zero attached hydrogens (tertiary/aromatic N) is 1. The van der Waals surface area contributed by atoms with Crippen LogP contribution in [0.15, 0.2) is 51.9 Å². The van der Waals surface area contributed by atoms with Gasteiger partial charge in [0.1, 0.15) is 29.8 Å². The average Bonchev–Trinajstić information content (AvgIpc) is 2.88. The molecule has 0 aliphatic carbocycles. The molecule has 0 aromatic heterocycles. The molecule has 0 fully saturated rings. The van der Waals surface area contributed by atoms with Crippen LogP contribution in [0.2, 0.25) is 0 Å². The molecule has 0 amide bonds. The van der Waals surface area contributed by atoms with Crippen LogP contribution < -0.4 is 0 Å². The Morgan fingerprint density at radius 1 is 1.10 bits per heavy atom. The first-order chi connectivity index (χ1) is 9.65. The lowest BCUT2D eigenvalue weighted by Crippen LogP contribution is -2.07. The molecule has 5 heteroatoms. The maximum Gasteiger partial charge on any atom is 0.222 e. The van der Waals surface area contributed by atoms with Crippen molar-refractivity contribution in [2.75, 3.05) is 6.61 Å². The van der Waals surface area contributed by atoms with E-state index >= 15 is 0 Å². The van der Waals surface area contributed by atoms with E-state index in [-0.39, 0.29) is 24.1 Å². The van der Waals surface area contributed by atoms with Crippen LogP contribution in [-0.4, -0.2) is 12.5 Å². The molecule has 0 saturated heterocycles. The Kier molecular flexibility index (Phi) is 3.53. The summed E-state index contributed by atoms with van der Waals surface area (Å²) in [7, 11) is 0. The molecular formula is C15H10BrF2NO. The van der Waals surface area contributed by atoms with Crippen LogP contribution in [-0.2, 0) is 4.74 Å². The summed E-state index contributed by atoms with van der Waals surface area (Å²) in [5, 5.41) is 0. The van der Waals surface area contributed by atoms with Gasteiger partial charge < -0.3 is 4.74 Å². The van der Waals surface area contributed by atoms with Gasteiger partial charge in [0.25, 0.3) is 0 Å². The Bertz CT molecular complexity index is 667. The van der Waals surface area contributed by atoms with Crippen LogP contribution in [0.1, 0.15) is 17.2 Å². The second-order valence-corrected chi connectivity index (χ2v) is 5.33. The minimum atomic E-state index is -0.668. The van der Waals surface area contributed by atoms with Gasteiger partial charge in [-0.1, -0.05) is 34.1 Å². The summed E-state index contributed by atoms with van der Waals surface area (Å²) in [6.45, 7) is 0.277. The summed E-state index contributed by atoms with van der Waals surface area (Å²) in [5.74, 6) is -1.32. The summed E-state index contributed by atoms with van der Waals surface area (Å²) in [4.78, 5) is 4.28. The first-order valence-corrected chi connectivity index (χ1v) is 6.85. The van der Waals surface area contributed by atoms with Crippen molar-refractivity contribution in [3.8, 4) is 0 Å². The predicted octanol–water partition coefficient (Wildman–Crippen LogP) is 4.25. The molecule has 0 saturated carbocycles. The van der Waals surface area contributed by atoms with E-state index < -0.39 is 11.6 Å². The van der Waals surface area contributed by atoms with Gasteiger partial charge in [-0.2, -0.15) is 0 Å². The Hall–Kier alpha value is -1.75. The molecule has 0 spiro atoms. The van der Waals surface area contributed by atoms with Crippen LogP contribution >= 0.6 is 15.9 Å². The van der Waals surface area contributed by atoms with Gasteiger partial charge in [-0.05, 0) is 29.8 Å². The highest BCUT2D eigenvalue weighted by atomic mass is 79.9. The molecular weight excluding hydrogens is 328 g/mol. The Balaban J connectivity index is 1.96. The molecule has 2 aromatic rings. The molecule has 20 heavy (non-hydrogen) atoms. The van der Waals surface area contributed by atoms with Gasteiger partial charge >= 0.3 is 0 Å². The summed E-state index contributed by atoms with van der Waals surface area (Å²) >= 11 is 3.38. The van der Waals surface area contributed by atoms with Crippen molar-refractivity contribution < 1.29 is 13.5 Å². The first kappa shape index (κ1) is 13.2. The molecule has 2 aromatic carbocycles. The molecule has 0 bridgehead atoms. The monoisotopic (exact) mass is 337 g/mol. The molecule has 1 atom stereocenters. The fourth-order valence-electron chi connectivity index (χ4n) is 2.10. The van der Waals surface area contributed by atoms with Crippen molar-refractivity contribution in [3.63, 3.8) is 0 Å². The van der Waals surface area contributed by atoms with Crippen LogP contribution in [0.3, 0.4) is 0 Å². The highest BCUT2D eigenvalue weighted by Gasteiger charge is 2.26. The fourth-order valence-corrected chi connectivity index (χ4v) is 2.51. The van der Waals surface area contributed by atoms with Crippen LogP contribution in [0.4, 0.5) is 8.78 Å². The van der Waals surface area contributed by atoms with Crippen LogP contribution in [0.25, 0.3) is 0 Å². The zero-order valence-electron chi connectivity index (χ0n) is 10.3. The second-order valence-electron chi connectivity index (χ2n) is 4.41. The lowest BCUT2D eigenvalue weighted by Gasteiger charge is -2.05. The van der Waals surface area contributed by atoms with Gasteiger partial charge in [0, 0.05) is 4.47 Å². The minimum absolute atomic E-state index is 0.0191. The molecule has 1 aliphatic rings. The lowest BCUT2D eigenvalue weighted by atomic mass is 10.1. The van der Waals surface area contributed by atoms with Crippen LogP contribution in [0, 0.1) is 11.6 Å². The van der Waals surface area contributed by atoms with E-state index in [1.165, 1.54) is 18.2 Å². The predicted molar refractivity (Wildman–Crippen MR) is 75.7 cm³/mol. The average molecular weight is 338 g/mol. The highest BCUT2D eigenvalue weighted by molar-refractivity contribution is 9.10. The standard InChI is InChI=1S/C15H10BrF2NO/c16-10-4-1-3-9(7-10)13-8-20-15(19-13)14-11(17)5-2-6-12(14)18/h1-7,13H,8H2. The normalized spacial score (nSPS) is 17.8. The van der Waals surface area contributed by atoms with E-state index in [0.29, 0.717) is 0 Å². The van der Waals surface area contributed by atoms with E-state index in [1.54, 1.807) is 0 Å². The topological polar surface area (TPSA) is 21.6 Å². The number of aliphatic imine (C=N–C) groups is 1. The van der Waals surface area contributed by atoms with Gasteiger partial charge in [0.2, 0.25) is 5.90 Å². The number of ether oxygens (including phenoxy) is 1. The molecule has 3 rings (SSSR count). The van der Waals surface area contributed by atoms with Crippen molar-refractivity contribution in [1.82, 2.24) is 0 Å². The van der Waals surface area contributed by atoms with E-state index in [2.05, 4.69) is 20.9 Å². The summed E-state index contributed by atoms with van der Waals surface area (Å²) in [6.07, 6.45) is 0. The van der Waals surface area contributed by atoms with Gasteiger partial charge in [-0.3, -0.25) is 0 Å². The SMILES string of the molecule is Fc1cccc(F)c1C1=NC(c2cccc(Br)c2)CO1. The van der Waals surface area contributed by atoms with Crippen LogP contribution in [0.5, 0.6) is 0 Å². The molecule has 1 aliphatic heterocycles. The Morgan fingerprint density at radius 2 is 1.80 bits per heavy atom.